The average Bonchev–Trinajstić information content (AvgIpc) is 3.28. The van der Waals surface area contributed by atoms with Crippen molar-refractivity contribution in [3.05, 3.63) is 102 Å². The van der Waals surface area contributed by atoms with Crippen molar-refractivity contribution in [2.75, 3.05) is 5.32 Å². The van der Waals surface area contributed by atoms with E-state index in [-0.39, 0.29) is 12.1 Å². The fourth-order valence-corrected chi connectivity index (χ4v) is 3.93. The van der Waals surface area contributed by atoms with Gasteiger partial charge in [0, 0.05) is 46.7 Å². The summed E-state index contributed by atoms with van der Waals surface area (Å²) in [7, 11) is 0.786. The lowest BCUT2D eigenvalue weighted by Gasteiger charge is -2.09. The molecule has 5 rings (SSSR count). The minimum atomic E-state index is -4.58. The number of amides is 1. The van der Waals surface area contributed by atoms with Gasteiger partial charge in [-0.3, -0.25) is 19.7 Å². The molecule has 1 amide bonds. The van der Waals surface area contributed by atoms with Gasteiger partial charge in [0.1, 0.15) is 5.69 Å². The molecule has 0 spiro atoms. The van der Waals surface area contributed by atoms with Crippen molar-refractivity contribution in [1.29, 1.82) is 0 Å². The zero-order valence-electron chi connectivity index (χ0n) is 18.4. The summed E-state index contributed by atoms with van der Waals surface area (Å²) < 4.78 is 38.4. The van der Waals surface area contributed by atoms with Crippen LogP contribution in [0.25, 0.3) is 22.7 Å². The first-order valence-electron chi connectivity index (χ1n) is 10.9. The molecule has 172 valence electrons. The van der Waals surface area contributed by atoms with Crippen LogP contribution >= 0.6 is 0 Å². The van der Waals surface area contributed by atoms with Gasteiger partial charge >= 0.3 is 6.18 Å². The lowest BCUT2D eigenvalue weighted by Crippen LogP contribution is -2.17. The van der Waals surface area contributed by atoms with E-state index in [1.165, 1.54) is 17.1 Å². The van der Waals surface area contributed by atoms with Gasteiger partial charge in [-0.25, -0.2) is 0 Å². The largest absolute Gasteiger partial charge is 0.433 e. The molecule has 0 fully saturated rings. The van der Waals surface area contributed by atoms with E-state index in [9.17, 15) is 18.0 Å². The molecule has 0 radical (unpaired) electrons. The molecule has 4 aromatic rings. The van der Waals surface area contributed by atoms with Gasteiger partial charge in [-0.15, -0.1) is 0 Å². The maximum absolute atomic E-state index is 12.8. The third-order valence-electron chi connectivity index (χ3n) is 5.67. The number of alkyl halides is 3. The Bertz CT molecular complexity index is 1420. The van der Waals surface area contributed by atoms with E-state index >= 15 is 0 Å². The lowest BCUT2D eigenvalue weighted by molar-refractivity contribution is -0.141. The van der Waals surface area contributed by atoms with Crippen molar-refractivity contribution in [3.8, 4) is 11.1 Å². The van der Waals surface area contributed by atoms with Gasteiger partial charge in [0.25, 0.3) is 0 Å². The highest BCUT2D eigenvalue weighted by Crippen LogP contribution is 2.29. The molecule has 0 atom stereocenters. The van der Waals surface area contributed by atoms with Crippen LogP contribution in [0.2, 0.25) is 0 Å². The zero-order chi connectivity index (χ0) is 24.4. The highest BCUT2D eigenvalue weighted by atomic mass is 19.4. The highest BCUT2D eigenvalue weighted by molar-refractivity contribution is 6.77. The van der Waals surface area contributed by atoms with E-state index in [4.69, 9.17) is 0 Å². The lowest BCUT2D eigenvalue weighted by atomic mass is 9.67. The maximum atomic E-state index is 12.8. The number of pyridine rings is 3. The number of carbonyl (C=O) groups excluding carboxylic acids is 1. The standard InChI is InChI=1S/C26H18BF3N4O/c28-26(29,30)23-12-21(8-9-31-23)34-24(35)13-20-7-6-17(14-32-20)19-10-18-11-22(27-25(18)33-15-19)16-4-2-1-3-5-16/h1-12,14-15,27H,13H2,(H,31,34,35). The first-order valence-corrected chi connectivity index (χ1v) is 10.9. The smallest absolute Gasteiger partial charge is 0.326 e. The van der Waals surface area contributed by atoms with Crippen molar-refractivity contribution in [1.82, 2.24) is 15.0 Å². The number of hydrogen-bond acceptors (Lipinski definition) is 4. The zero-order valence-corrected chi connectivity index (χ0v) is 18.4. The second-order valence-electron chi connectivity index (χ2n) is 8.16. The third kappa shape index (κ3) is 5.14. The molecule has 0 saturated carbocycles. The normalized spacial score (nSPS) is 12.5. The van der Waals surface area contributed by atoms with Crippen molar-refractivity contribution in [3.63, 3.8) is 0 Å². The molecule has 35 heavy (non-hydrogen) atoms. The van der Waals surface area contributed by atoms with E-state index < -0.39 is 17.8 Å². The number of fused-ring (bicyclic) bond motifs is 1. The number of hydrogen-bond donors (Lipinski definition) is 1. The molecule has 0 saturated heterocycles. The molecular weight excluding hydrogens is 452 g/mol. The van der Waals surface area contributed by atoms with Crippen LogP contribution in [0, 0.1) is 0 Å². The van der Waals surface area contributed by atoms with Gasteiger partial charge in [0.15, 0.2) is 0 Å². The maximum Gasteiger partial charge on any atom is 0.433 e. The molecular formula is C26H18BF3N4O. The quantitative estimate of drug-likeness (QED) is 0.442. The van der Waals surface area contributed by atoms with Gasteiger partial charge in [-0.1, -0.05) is 47.9 Å². The van der Waals surface area contributed by atoms with Crippen LogP contribution in [0.4, 0.5) is 18.9 Å². The fraction of sp³-hybridized carbons (Fsp3) is 0.0769. The van der Waals surface area contributed by atoms with Crippen LogP contribution < -0.4 is 10.9 Å². The van der Waals surface area contributed by atoms with Crippen molar-refractivity contribution < 1.29 is 18.0 Å². The molecule has 5 nitrogen and oxygen atoms in total. The van der Waals surface area contributed by atoms with Crippen LogP contribution in [0.5, 0.6) is 0 Å². The summed E-state index contributed by atoms with van der Waals surface area (Å²) in [5, 5.41) is 2.46. The summed E-state index contributed by atoms with van der Waals surface area (Å²) in [6, 6.07) is 17.9. The predicted molar refractivity (Wildman–Crippen MR) is 130 cm³/mol. The highest BCUT2D eigenvalue weighted by Gasteiger charge is 2.32. The monoisotopic (exact) mass is 470 g/mol. The Balaban J connectivity index is 1.26. The number of halogens is 3. The molecule has 0 aliphatic carbocycles. The van der Waals surface area contributed by atoms with Gasteiger partial charge < -0.3 is 5.32 Å². The Morgan fingerprint density at radius 1 is 0.886 bits per heavy atom. The van der Waals surface area contributed by atoms with Crippen LogP contribution in [0.1, 0.15) is 22.5 Å². The third-order valence-corrected chi connectivity index (χ3v) is 5.67. The summed E-state index contributed by atoms with van der Waals surface area (Å²) >= 11 is 0. The van der Waals surface area contributed by atoms with E-state index in [1.807, 2.05) is 30.5 Å². The van der Waals surface area contributed by atoms with Crippen LogP contribution in [-0.2, 0) is 17.4 Å². The molecule has 4 heterocycles. The molecule has 1 aromatic carbocycles. The Kier molecular flexibility index (Phi) is 5.90. The summed E-state index contributed by atoms with van der Waals surface area (Å²) in [6.45, 7) is 0. The van der Waals surface area contributed by atoms with E-state index in [0.717, 1.165) is 41.8 Å². The number of rotatable bonds is 5. The Labute approximate surface area is 200 Å². The van der Waals surface area contributed by atoms with Crippen LogP contribution in [0.15, 0.2) is 79.3 Å². The second-order valence-corrected chi connectivity index (χ2v) is 8.16. The molecule has 1 aliphatic rings. The van der Waals surface area contributed by atoms with Crippen molar-refractivity contribution in [2.24, 2.45) is 0 Å². The molecule has 1 aliphatic heterocycles. The van der Waals surface area contributed by atoms with Gasteiger partial charge in [-0.2, -0.15) is 13.2 Å². The fourth-order valence-electron chi connectivity index (χ4n) is 3.93. The minimum absolute atomic E-state index is 0.0288. The molecule has 9 heteroatoms. The number of benzene rings is 1. The Morgan fingerprint density at radius 2 is 1.69 bits per heavy atom. The Morgan fingerprint density at radius 3 is 2.43 bits per heavy atom. The number of anilines is 1. The first-order chi connectivity index (χ1) is 16.8. The van der Waals surface area contributed by atoms with Crippen molar-refractivity contribution in [2.45, 2.75) is 12.6 Å². The average molecular weight is 470 g/mol. The Hall–Kier alpha value is -4.27. The van der Waals surface area contributed by atoms with E-state index in [2.05, 4.69) is 44.5 Å². The topological polar surface area (TPSA) is 67.8 Å². The van der Waals surface area contributed by atoms with Gasteiger partial charge in [-0.05, 0) is 35.4 Å². The number of nitrogens with zero attached hydrogens (tertiary/aromatic N) is 3. The summed E-state index contributed by atoms with van der Waals surface area (Å²) in [5.41, 5.74) is 5.73. The summed E-state index contributed by atoms with van der Waals surface area (Å²) in [5.74, 6) is -0.470. The van der Waals surface area contributed by atoms with Crippen molar-refractivity contribution >= 4 is 36.0 Å². The summed E-state index contributed by atoms with van der Waals surface area (Å²) in [4.78, 5) is 24.6. The number of carbonyl (C=O) groups is 1. The first kappa shape index (κ1) is 22.5. The van der Waals surface area contributed by atoms with Gasteiger partial charge in [0.05, 0.1) is 6.42 Å². The molecule has 1 N–H and O–H groups in total. The predicted octanol–water partition coefficient (Wildman–Crippen LogP) is 4.31. The van der Waals surface area contributed by atoms with Gasteiger partial charge in [0.2, 0.25) is 13.2 Å². The number of nitrogens with one attached hydrogen (secondary N) is 1. The molecule has 0 bridgehead atoms. The summed E-state index contributed by atoms with van der Waals surface area (Å²) in [6.07, 6.45) is 1.98. The minimum Gasteiger partial charge on any atom is -0.326 e. The molecule has 0 unspecified atom stereocenters. The van der Waals surface area contributed by atoms with E-state index in [0.29, 0.717) is 5.69 Å². The van der Waals surface area contributed by atoms with Crippen LogP contribution in [-0.4, -0.2) is 28.1 Å². The SMILES string of the molecule is O=C(Cc1ccc(-c2cnc3c(c2)C=C(c2ccccc2)B3)cn1)Nc1ccnc(C(F)(F)F)c1. The second kappa shape index (κ2) is 9.17. The molecule has 3 aromatic heterocycles. The number of aromatic nitrogens is 3. The van der Waals surface area contributed by atoms with E-state index in [1.54, 1.807) is 12.3 Å². The van der Waals surface area contributed by atoms with Crippen LogP contribution in [0.3, 0.4) is 0 Å².